The lowest BCUT2D eigenvalue weighted by molar-refractivity contribution is 0.0994. The number of phenols is 1. The molecule has 0 aliphatic carbocycles. The van der Waals surface area contributed by atoms with Crippen LogP contribution < -0.4 is 0 Å². The molecule has 0 saturated carbocycles. The molecule has 23 heavy (non-hydrogen) atoms. The van der Waals surface area contributed by atoms with E-state index in [9.17, 15) is 9.90 Å². The second kappa shape index (κ2) is 6.62. The Morgan fingerprint density at radius 2 is 1.83 bits per heavy atom. The standard InChI is InChI=1S/C16H14N4O2S/c1-11(15(22)12-5-3-2-4-6-12)23-16-17-18-19-20(16)13-7-9-14(21)10-8-13/h2-11,21H,1H3. The van der Waals surface area contributed by atoms with E-state index >= 15 is 0 Å². The normalized spacial score (nSPS) is 12.0. The summed E-state index contributed by atoms with van der Waals surface area (Å²) in [6.07, 6.45) is 0. The van der Waals surface area contributed by atoms with Crippen molar-refractivity contribution >= 4 is 17.5 Å². The zero-order valence-electron chi connectivity index (χ0n) is 12.3. The van der Waals surface area contributed by atoms with E-state index in [-0.39, 0.29) is 16.8 Å². The van der Waals surface area contributed by atoms with Crippen LogP contribution in [0.1, 0.15) is 17.3 Å². The average molecular weight is 326 g/mol. The van der Waals surface area contributed by atoms with E-state index in [1.165, 1.54) is 11.8 Å². The van der Waals surface area contributed by atoms with Crippen LogP contribution in [0.3, 0.4) is 0 Å². The quantitative estimate of drug-likeness (QED) is 0.573. The Balaban J connectivity index is 1.80. The summed E-state index contributed by atoms with van der Waals surface area (Å²) in [7, 11) is 0. The maximum atomic E-state index is 12.4. The maximum absolute atomic E-state index is 12.4. The molecule has 1 N–H and O–H groups in total. The van der Waals surface area contributed by atoms with Crippen LogP contribution in [0.25, 0.3) is 5.69 Å². The molecule has 0 bridgehead atoms. The van der Waals surface area contributed by atoms with Crippen LogP contribution in [0.5, 0.6) is 5.75 Å². The summed E-state index contributed by atoms with van der Waals surface area (Å²) in [5, 5.41) is 21.2. The number of hydrogen-bond acceptors (Lipinski definition) is 6. The third-order valence-corrected chi connectivity index (χ3v) is 4.28. The SMILES string of the molecule is CC(Sc1nnnn1-c1ccc(O)cc1)C(=O)c1ccccc1. The van der Waals surface area contributed by atoms with Crippen LogP contribution in [-0.4, -0.2) is 36.3 Å². The lowest BCUT2D eigenvalue weighted by Gasteiger charge is -2.10. The molecule has 2 aromatic carbocycles. The molecule has 1 unspecified atom stereocenters. The lowest BCUT2D eigenvalue weighted by atomic mass is 10.1. The Morgan fingerprint density at radius 1 is 1.13 bits per heavy atom. The number of hydrogen-bond donors (Lipinski definition) is 1. The number of benzene rings is 2. The summed E-state index contributed by atoms with van der Waals surface area (Å²) in [5.74, 6) is 0.194. The molecule has 0 amide bonds. The number of nitrogens with zero attached hydrogens (tertiary/aromatic N) is 4. The summed E-state index contributed by atoms with van der Waals surface area (Å²) >= 11 is 1.29. The van der Waals surface area contributed by atoms with E-state index in [0.717, 1.165) is 5.69 Å². The number of aromatic hydroxyl groups is 1. The van der Waals surface area contributed by atoms with Gasteiger partial charge in [0.25, 0.3) is 0 Å². The third kappa shape index (κ3) is 3.40. The van der Waals surface area contributed by atoms with E-state index in [2.05, 4.69) is 15.5 Å². The lowest BCUT2D eigenvalue weighted by Crippen LogP contribution is -2.14. The molecule has 1 atom stereocenters. The molecule has 3 aromatic rings. The number of aromatic nitrogens is 4. The third-order valence-electron chi connectivity index (χ3n) is 3.24. The minimum absolute atomic E-state index is 0.0239. The minimum Gasteiger partial charge on any atom is -0.508 e. The molecule has 3 rings (SSSR count). The van der Waals surface area contributed by atoms with Gasteiger partial charge < -0.3 is 5.11 Å². The largest absolute Gasteiger partial charge is 0.508 e. The van der Waals surface area contributed by atoms with Gasteiger partial charge in [0.05, 0.1) is 10.9 Å². The van der Waals surface area contributed by atoms with Crippen molar-refractivity contribution in [1.82, 2.24) is 20.2 Å². The number of tetrazole rings is 1. The number of Topliss-reactive ketones (excluding diaryl/α,β-unsaturated/α-hetero) is 1. The van der Waals surface area contributed by atoms with Gasteiger partial charge in [-0.2, -0.15) is 4.68 Å². The van der Waals surface area contributed by atoms with E-state index < -0.39 is 0 Å². The Bertz CT molecular complexity index is 802. The monoisotopic (exact) mass is 326 g/mol. The Kier molecular flexibility index (Phi) is 4.38. The fourth-order valence-corrected chi connectivity index (χ4v) is 2.94. The van der Waals surface area contributed by atoms with Crippen molar-refractivity contribution in [2.45, 2.75) is 17.3 Å². The first-order valence-corrected chi connectivity index (χ1v) is 7.87. The molecule has 0 aliphatic rings. The zero-order valence-corrected chi connectivity index (χ0v) is 13.1. The highest BCUT2D eigenvalue weighted by atomic mass is 32.2. The highest BCUT2D eigenvalue weighted by Gasteiger charge is 2.20. The fraction of sp³-hybridized carbons (Fsp3) is 0.125. The molecule has 0 aliphatic heterocycles. The highest BCUT2D eigenvalue weighted by molar-refractivity contribution is 8.00. The Morgan fingerprint density at radius 3 is 2.52 bits per heavy atom. The number of thioether (sulfide) groups is 1. The van der Waals surface area contributed by atoms with Crippen LogP contribution in [0.15, 0.2) is 59.8 Å². The molecule has 0 saturated heterocycles. The van der Waals surface area contributed by atoms with Gasteiger partial charge in [-0.05, 0) is 41.6 Å². The maximum Gasteiger partial charge on any atom is 0.214 e. The van der Waals surface area contributed by atoms with Crippen LogP contribution in [-0.2, 0) is 0 Å². The van der Waals surface area contributed by atoms with E-state index in [1.54, 1.807) is 41.1 Å². The van der Waals surface area contributed by atoms with Crippen molar-refractivity contribution in [3.05, 3.63) is 60.2 Å². The number of ketones is 1. The van der Waals surface area contributed by atoms with E-state index in [1.807, 2.05) is 25.1 Å². The van der Waals surface area contributed by atoms with Crippen molar-refractivity contribution in [2.24, 2.45) is 0 Å². The van der Waals surface area contributed by atoms with Gasteiger partial charge in [-0.1, -0.05) is 42.1 Å². The predicted molar refractivity (Wildman–Crippen MR) is 86.9 cm³/mol. The van der Waals surface area contributed by atoms with Crippen molar-refractivity contribution in [3.8, 4) is 11.4 Å². The highest BCUT2D eigenvalue weighted by Crippen LogP contribution is 2.25. The predicted octanol–water partition coefficient (Wildman–Crippen LogP) is 2.73. The molecule has 1 aromatic heterocycles. The van der Waals surface area contributed by atoms with Gasteiger partial charge in [-0.25, -0.2) is 0 Å². The Hall–Kier alpha value is -2.67. The number of phenolic OH excluding ortho intramolecular Hbond substituents is 1. The van der Waals surface area contributed by atoms with Gasteiger partial charge in [0.1, 0.15) is 5.75 Å². The van der Waals surface area contributed by atoms with Crippen molar-refractivity contribution < 1.29 is 9.90 Å². The van der Waals surface area contributed by atoms with Gasteiger partial charge in [-0.3, -0.25) is 4.79 Å². The zero-order chi connectivity index (χ0) is 16.2. The number of rotatable bonds is 5. The molecule has 0 radical (unpaired) electrons. The smallest absolute Gasteiger partial charge is 0.214 e. The second-order valence-electron chi connectivity index (χ2n) is 4.88. The van der Waals surface area contributed by atoms with Gasteiger partial charge in [0.2, 0.25) is 5.16 Å². The van der Waals surface area contributed by atoms with Crippen LogP contribution in [0.4, 0.5) is 0 Å². The first kappa shape index (κ1) is 15.2. The summed E-state index contributed by atoms with van der Waals surface area (Å²) in [5.41, 5.74) is 1.38. The van der Waals surface area contributed by atoms with Gasteiger partial charge in [0.15, 0.2) is 5.78 Å². The van der Waals surface area contributed by atoms with Gasteiger partial charge >= 0.3 is 0 Å². The molecule has 7 heteroatoms. The van der Waals surface area contributed by atoms with Crippen molar-refractivity contribution in [1.29, 1.82) is 0 Å². The minimum atomic E-state index is -0.320. The van der Waals surface area contributed by atoms with Crippen LogP contribution >= 0.6 is 11.8 Å². The fourth-order valence-electron chi connectivity index (χ4n) is 2.06. The van der Waals surface area contributed by atoms with Gasteiger partial charge in [-0.15, -0.1) is 5.10 Å². The van der Waals surface area contributed by atoms with E-state index in [4.69, 9.17) is 0 Å². The summed E-state index contributed by atoms with van der Waals surface area (Å²) in [6.45, 7) is 1.83. The van der Waals surface area contributed by atoms with E-state index in [0.29, 0.717) is 10.7 Å². The van der Waals surface area contributed by atoms with Crippen LogP contribution in [0.2, 0.25) is 0 Å². The number of carbonyl (C=O) groups excluding carboxylic acids is 1. The topological polar surface area (TPSA) is 80.9 Å². The van der Waals surface area contributed by atoms with Crippen molar-refractivity contribution in [3.63, 3.8) is 0 Å². The first-order chi connectivity index (χ1) is 11.1. The molecular weight excluding hydrogens is 312 g/mol. The molecule has 0 fully saturated rings. The van der Waals surface area contributed by atoms with Crippen LogP contribution in [0, 0.1) is 0 Å². The van der Waals surface area contributed by atoms with Gasteiger partial charge in [0, 0.05) is 5.56 Å². The molecular formula is C16H14N4O2S. The summed E-state index contributed by atoms with van der Waals surface area (Å²) in [4.78, 5) is 12.4. The molecule has 0 spiro atoms. The molecule has 116 valence electrons. The summed E-state index contributed by atoms with van der Waals surface area (Å²) < 4.78 is 1.54. The molecule has 1 heterocycles. The number of carbonyl (C=O) groups is 1. The Labute approximate surface area is 137 Å². The molecule has 6 nitrogen and oxygen atoms in total. The summed E-state index contributed by atoms with van der Waals surface area (Å²) in [6, 6.07) is 15.7. The second-order valence-corrected chi connectivity index (χ2v) is 6.19. The first-order valence-electron chi connectivity index (χ1n) is 6.99. The average Bonchev–Trinajstić information content (AvgIpc) is 3.03. The van der Waals surface area contributed by atoms with Crippen molar-refractivity contribution in [2.75, 3.05) is 0 Å².